The summed E-state index contributed by atoms with van der Waals surface area (Å²) >= 11 is 3.16. The van der Waals surface area contributed by atoms with Crippen molar-refractivity contribution in [3.63, 3.8) is 0 Å². The molecule has 2 aromatic heterocycles. The van der Waals surface area contributed by atoms with Gasteiger partial charge in [0.1, 0.15) is 11.6 Å². The SMILES string of the molecule is CSCCC(NC(=O)CSc1nnc(C)n1Cc1ccccc1)c1nc2ccccc2[nH]1. The first-order valence-electron chi connectivity index (χ1n) is 10.4. The smallest absolute Gasteiger partial charge is 0.231 e. The Balaban J connectivity index is 1.41. The summed E-state index contributed by atoms with van der Waals surface area (Å²) in [6.07, 6.45) is 2.87. The first-order chi connectivity index (χ1) is 15.6. The van der Waals surface area contributed by atoms with E-state index in [0.717, 1.165) is 40.0 Å². The van der Waals surface area contributed by atoms with Crippen LogP contribution in [0.15, 0.2) is 59.8 Å². The number of aryl methyl sites for hydroxylation is 1. The summed E-state index contributed by atoms with van der Waals surface area (Å²) in [5.41, 5.74) is 3.05. The Labute approximate surface area is 195 Å². The van der Waals surface area contributed by atoms with Crippen LogP contribution < -0.4 is 5.32 Å². The Morgan fingerprint density at radius 1 is 1.12 bits per heavy atom. The van der Waals surface area contributed by atoms with Crippen LogP contribution in [0, 0.1) is 6.92 Å². The van der Waals surface area contributed by atoms with Crippen LogP contribution in [0.25, 0.3) is 11.0 Å². The summed E-state index contributed by atoms with van der Waals surface area (Å²) in [6.45, 7) is 2.61. The van der Waals surface area contributed by atoms with Gasteiger partial charge in [0.25, 0.3) is 0 Å². The molecule has 9 heteroatoms. The van der Waals surface area contributed by atoms with Gasteiger partial charge in [0.05, 0.1) is 29.4 Å². The van der Waals surface area contributed by atoms with Crippen molar-refractivity contribution in [2.45, 2.75) is 31.1 Å². The molecule has 0 saturated heterocycles. The monoisotopic (exact) mass is 466 g/mol. The molecule has 1 unspecified atom stereocenters. The Kier molecular flexibility index (Phi) is 7.49. The van der Waals surface area contributed by atoms with E-state index in [0.29, 0.717) is 6.54 Å². The standard InChI is InChI=1S/C23H26N6OS2/c1-16-27-28-23(29(16)14-17-8-4-3-5-9-17)32-15-21(30)24-20(12-13-31-2)22-25-18-10-6-7-11-19(18)26-22/h3-11,20H,12-15H2,1-2H3,(H,24,30)(H,25,26). The fourth-order valence-corrected chi connectivity index (χ4v) is 4.70. The van der Waals surface area contributed by atoms with Gasteiger partial charge in [0.15, 0.2) is 5.16 Å². The highest BCUT2D eigenvalue weighted by molar-refractivity contribution is 7.99. The van der Waals surface area contributed by atoms with Gasteiger partial charge in [-0.2, -0.15) is 11.8 Å². The zero-order valence-electron chi connectivity index (χ0n) is 18.1. The van der Waals surface area contributed by atoms with E-state index < -0.39 is 0 Å². The number of carbonyl (C=O) groups excluding carboxylic acids is 1. The van der Waals surface area contributed by atoms with Gasteiger partial charge in [-0.05, 0) is 43.0 Å². The Morgan fingerprint density at radius 2 is 1.91 bits per heavy atom. The van der Waals surface area contributed by atoms with Gasteiger partial charge in [-0.25, -0.2) is 4.98 Å². The van der Waals surface area contributed by atoms with Crippen LogP contribution in [0.1, 0.15) is 29.7 Å². The third-order valence-electron chi connectivity index (χ3n) is 5.10. The number of hydrogen-bond donors (Lipinski definition) is 2. The maximum Gasteiger partial charge on any atom is 0.231 e. The van der Waals surface area contributed by atoms with Gasteiger partial charge in [-0.3, -0.25) is 4.79 Å². The predicted octanol–water partition coefficient (Wildman–Crippen LogP) is 4.21. The molecule has 32 heavy (non-hydrogen) atoms. The van der Waals surface area contributed by atoms with Crippen molar-refractivity contribution in [3.05, 3.63) is 71.8 Å². The fourth-order valence-electron chi connectivity index (χ4n) is 3.43. The molecule has 0 spiro atoms. The van der Waals surface area contributed by atoms with Gasteiger partial charge in [-0.1, -0.05) is 54.2 Å². The highest BCUT2D eigenvalue weighted by Crippen LogP contribution is 2.22. The third-order valence-corrected chi connectivity index (χ3v) is 6.71. The summed E-state index contributed by atoms with van der Waals surface area (Å²) in [7, 11) is 0. The number of fused-ring (bicyclic) bond motifs is 1. The van der Waals surface area contributed by atoms with Crippen LogP contribution in [-0.4, -0.2) is 48.4 Å². The molecular formula is C23H26N6OS2. The minimum Gasteiger partial charge on any atom is -0.345 e. The number of nitrogens with one attached hydrogen (secondary N) is 2. The molecule has 0 aliphatic heterocycles. The lowest BCUT2D eigenvalue weighted by Gasteiger charge is -2.16. The van der Waals surface area contributed by atoms with E-state index in [1.807, 2.05) is 54.0 Å². The molecule has 0 saturated carbocycles. The second-order valence-electron chi connectivity index (χ2n) is 7.43. The fraction of sp³-hybridized carbons (Fsp3) is 0.304. The van der Waals surface area contributed by atoms with Crippen molar-refractivity contribution < 1.29 is 4.79 Å². The number of amides is 1. The zero-order chi connectivity index (χ0) is 22.3. The highest BCUT2D eigenvalue weighted by Gasteiger charge is 2.19. The van der Waals surface area contributed by atoms with Crippen molar-refractivity contribution in [1.29, 1.82) is 0 Å². The molecule has 0 aliphatic rings. The summed E-state index contributed by atoms with van der Waals surface area (Å²) in [4.78, 5) is 20.9. The largest absolute Gasteiger partial charge is 0.345 e. The number of rotatable bonds is 10. The molecule has 2 N–H and O–H groups in total. The summed E-state index contributed by atoms with van der Waals surface area (Å²) in [6, 6.07) is 17.9. The van der Waals surface area contributed by atoms with Gasteiger partial charge in [-0.15, -0.1) is 10.2 Å². The second-order valence-corrected chi connectivity index (χ2v) is 9.36. The minimum atomic E-state index is -0.160. The molecule has 0 fully saturated rings. The molecule has 4 aromatic rings. The average Bonchev–Trinajstić information content (AvgIpc) is 3.39. The van der Waals surface area contributed by atoms with Crippen LogP contribution in [0.4, 0.5) is 0 Å². The first-order valence-corrected chi connectivity index (χ1v) is 12.8. The number of imidazole rings is 1. The van der Waals surface area contributed by atoms with Crippen LogP contribution >= 0.6 is 23.5 Å². The molecule has 2 heterocycles. The van der Waals surface area contributed by atoms with E-state index in [4.69, 9.17) is 0 Å². The van der Waals surface area contributed by atoms with Crippen molar-refractivity contribution in [2.24, 2.45) is 0 Å². The third kappa shape index (κ3) is 5.52. The van der Waals surface area contributed by atoms with E-state index in [2.05, 4.69) is 43.9 Å². The molecule has 0 aliphatic carbocycles. The minimum absolute atomic E-state index is 0.0477. The molecular weight excluding hydrogens is 440 g/mol. The number of para-hydroxylation sites is 2. The number of aromatic nitrogens is 5. The Bertz CT molecular complexity index is 1140. The van der Waals surface area contributed by atoms with Crippen molar-refractivity contribution >= 4 is 40.5 Å². The van der Waals surface area contributed by atoms with Crippen molar-refractivity contribution in [2.75, 3.05) is 17.8 Å². The summed E-state index contributed by atoms with van der Waals surface area (Å²) in [5.74, 6) is 2.77. The van der Waals surface area contributed by atoms with E-state index in [-0.39, 0.29) is 17.7 Å². The number of hydrogen-bond acceptors (Lipinski definition) is 6. The molecule has 1 atom stereocenters. The topological polar surface area (TPSA) is 88.5 Å². The molecule has 166 valence electrons. The van der Waals surface area contributed by atoms with E-state index >= 15 is 0 Å². The average molecular weight is 467 g/mol. The summed E-state index contributed by atoms with van der Waals surface area (Å²) < 4.78 is 2.04. The zero-order valence-corrected chi connectivity index (χ0v) is 19.7. The summed E-state index contributed by atoms with van der Waals surface area (Å²) in [5, 5.41) is 12.4. The van der Waals surface area contributed by atoms with Crippen molar-refractivity contribution in [1.82, 2.24) is 30.0 Å². The number of nitrogens with zero attached hydrogens (tertiary/aromatic N) is 4. The van der Waals surface area contributed by atoms with E-state index in [1.165, 1.54) is 17.3 Å². The number of benzene rings is 2. The van der Waals surface area contributed by atoms with Crippen LogP contribution in [0.5, 0.6) is 0 Å². The van der Waals surface area contributed by atoms with Crippen LogP contribution in [0.3, 0.4) is 0 Å². The highest BCUT2D eigenvalue weighted by atomic mass is 32.2. The predicted molar refractivity (Wildman–Crippen MR) is 131 cm³/mol. The van der Waals surface area contributed by atoms with Crippen molar-refractivity contribution in [3.8, 4) is 0 Å². The molecule has 1 amide bonds. The van der Waals surface area contributed by atoms with Gasteiger partial charge < -0.3 is 14.9 Å². The maximum absolute atomic E-state index is 12.8. The van der Waals surface area contributed by atoms with Gasteiger partial charge >= 0.3 is 0 Å². The molecule has 2 aromatic carbocycles. The van der Waals surface area contributed by atoms with E-state index in [9.17, 15) is 4.79 Å². The number of H-pyrrole nitrogens is 1. The second kappa shape index (κ2) is 10.7. The molecule has 0 bridgehead atoms. The number of carbonyl (C=O) groups is 1. The molecule has 7 nitrogen and oxygen atoms in total. The lowest BCUT2D eigenvalue weighted by molar-refractivity contribution is -0.119. The molecule has 4 rings (SSSR count). The Hall–Kier alpha value is -2.78. The van der Waals surface area contributed by atoms with Gasteiger partial charge in [0, 0.05) is 0 Å². The first kappa shape index (κ1) is 22.4. The quantitative estimate of drug-likeness (QED) is 0.340. The number of thioether (sulfide) groups is 2. The normalized spacial score (nSPS) is 12.2. The van der Waals surface area contributed by atoms with Crippen LogP contribution in [-0.2, 0) is 11.3 Å². The number of aromatic amines is 1. The van der Waals surface area contributed by atoms with Crippen LogP contribution in [0.2, 0.25) is 0 Å². The van der Waals surface area contributed by atoms with E-state index in [1.54, 1.807) is 11.8 Å². The molecule has 0 radical (unpaired) electrons. The lowest BCUT2D eigenvalue weighted by atomic mass is 10.2. The maximum atomic E-state index is 12.8. The lowest BCUT2D eigenvalue weighted by Crippen LogP contribution is -2.31. The van der Waals surface area contributed by atoms with Gasteiger partial charge in [0.2, 0.25) is 5.91 Å². The Morgan fingerprint density at radius 3 is 2.69 bits per heavy atom.